The zero-order valence-corrected chi connectivity index (χ0v) is 16.1. The van der Waals surface area contributed by atoms with Crippen LogP contribution in [0.1, 0.15) is 21.7 Å². The van der Waals surface area contributed by atoms with Gasteiger partial charge in [0.1, 0.15) is 28.6 Å². The number of ether oxygens (including phenoxy) is 1. The molecule has 0 bridgehead atoms. The number of nitrogens with zero attached hydrogens (tertiary/aromatic N) is 2. The van der Waals surface area contributed by atoms with E-state index in [0.29, 0.717) is 34.2 Å². The molecule has 4 rings (SSSR count). The minimum absolute atomic E-state index is 0.264. The maximum absolute atomic E-state index is 13.2. The number of aromatic nitrogens is 2. The number of carbonyl (C=O) groups excluding carboxylic acids is 1. The molecule has 2 heterocycles. The first-order valence-corrected chi connectivity index (χ1v) is 9.28. The third-order valence-corrected chi connectivity index (χ3v) is 4.43. The van der Waals surface area contributed by atoms with Crippen molar-refractivity contribution in [1.82, 2.24) is 15.5 Å². The summed E-state index contributed by atoms with van der Waals surface area (Å²) < 4.78 is 24.1. The first-order chi connectivity index (χ1) is 14.6. The Balaban J connectivity index is 1.47. The highest BCUT2D eigenvalue weighted by atomic mass is 19.1. The summed E-state index contributed by atoms with van der Waals surface area (Å²) in [5.74, 6) is 0.789. The normalized spacial score (nSPS) is 10.6. The fraction of sp³-hybridized carbons (Fsp3) is 0.0870. The van der Waals surface area contributed by atoms with Crippen LogP contribution in [-0.4, -0.2) is 16.0 Å². The van der Waals surface area contributed by atoms with Crippen molar-refractivity contribution in [3.05, 3.63) is 95.6 Å². The van der Waals surface area contributed by atoms with Crippen molar-refractivity contribution in [1.29, 1.82) is 0 Å². The van der Waals surface area contributed by atoms with Crippen LogP contribution >= 0.6 is 0 Å². The van der Waals surface area contributed by atoms with Gasteiger partial charge in [-0.15, -0.1) is 0 Å². The van der Waals surface area contributed by atoms with Crippen LogP contribution in [0.2, 0.25) is 0 Å². The van der Waals surface area contributed by atoms with E-state index in [0.717, 1.165) is 5.56 Å². The standard InChI is InChI=1S/C23H18FN3O3/c1-15-21(22(27-30-15)17-7-9-18(24)10-8-17)23(28)26-14-16-11-12-25-20(13-16)29-19-5-3-2-4-6-19/h2-13H,14H2,1H3,(H,26,28). The molecule has 0 spiro atoms. The largest absolute Gasteiger partial charge is 0.439 e. The summed E-state index contributed by atoms with van der Waals surface area (Å²) in [4.78, 5) is 17.0. The number of para-hydroxylation sites is 1. The monoisotopic (exact) mass is 403 g/mol. The molecule has 2 aromatic carbocycles. The van der Waals surface area contributed by atoms with Crippen LogP contribution in [-0.2, 0) is 6.54 Å². The molecule has 1 N–H and O–H groups in total. The molecular weight excluding hydrogens is 385 g/mol. The van der Waals surface area contributed by atoms with Gasteiger partial charge < -0.3 is 14.6 Å². The lowest BCUT2D eigenvalue weighted by Crippen LogP contribution is -2.23. The number of benzene rings is 2. The predicted octanol–water partition coefficient (Wildman–Crippen LogP) is 4.91. The van der Waals surface area contributed by atoms with Crippen molar-refractivity contribution >= 4 is 5.91 Å². The van der Waals surface area contributed by atoms with Gasteiger partial charge >= 0.3 is 0 Å². The molecule has 0 aliphatic carbocycles. The molecule has 7 heteroatoms. The van der Waals surface area contributed by atoms with Crippen LogP contribution in [0, 0.1) is 12.7 Å². The van der Waals surface area contributed by atoms with Crippen LogP contribution in [0.25, 0.3) is 11.3 Å². The van der Waals surface area contributed by atoms with E-state index in [4.69, 9.17) is 9.26 Å². The van der Waals surface area contributed by atoms with Gasteiger partial charge in [0, 0.05) is 24.4 Å². The van der Waals surface area contributed by atoms with Crippen molar-refractivity contribution in [2.45, 2.75) is 13.5 Å². The van der Waals surface area contributed by atoms with E-state index in [1.807, 2.05) is 30.3 Å². The summed E-state index contributed by atoms with van der Waals surface area (Å²) in [7, 11) is 0. The van der Waals surface area contributed by atoms with Gasteiger partial charge in [0.15, 0.2) is 0 Å². The van der Waals surface area contributed by atoms with E-state index in [1.54, 1.807) is 37.4 Å². The zero-order chi connectivity index (χ0) is 20.9. The Hall–Kier alpha value is -4.00. The van der Waals surface area contributed by atoms with Gasteiger partial charge in [-0.25, -0.2) is 9.37 Å². The topological polar surface area (TPSA) is 77.3 Å². The highest BCUT2D eigenvalue weighted by Crippen LogP contribution is 2.25. The molecule has 0 fully saturated rings. The van der Waals surface area contributed by atoms with Gasteiger partial charge in [-0.3, -0.25) is 4.79 Å². The molecular formula is C23H18FN3O3. The number of rotatable bonds is 6. The number of carbonyl (C=O) groups is 1. The fourth-order valence-corrected chi connectivity index (χ4v) is 2.94. The summed E-state index contributed by atoms with van der Waals surface area (Å²) in [5, 5.41) is 6.82. The number of hydrogen-bond acceptors (Lipinski definition) is 5. The highest BCUT2D eigenvalue weighted by molar-refractivity contribution is 6.00. The molecule has 0 unspecified atom stereocenters. The molecule has 0 radical (unpaired) electrons. The average Bonchev–Trinajstić information content (AvgIpc) is 3.15. The number of nitrogens with one attached hydrogen (secondary N) is 1. The minimum Gasteiger partial charge on any atom is -0.439 e. The maximum Gasteiger partial charge on any atom is 0.257 e. The summed E-state index contributed by atoms with van der Waals surface area (Å²) in [5.41, 5.74) is 2.10. The van der Waals surface area contributed by atoms with E-state index in [-0.39, 0.29) is 18.3 Å². The van der Waals surface area contributed by atoms with Crippen molar-refractivity contribution in [2.75, 3.05) is 0 Å². The van der Waals surface area contributed by atoms with E-state index in [9.17, 15) is 9.18 Å². The van der Waals surface area contributed by atoms with E-state index in [2.05, 4.69) is 15.5 Å². The number of halogens is 1. The lowest BCUT2D eigenvalue weighted by Gasteiger charge is -2.08. The Bertz CT molecular complexity index is 1160. The molecule has 0 saturated heterocycles. The Labute approximate surface area is 172 Å². The number of pyridine rings is 1. The molecule has 6 nitrogen and oxygen atoms in total. The maximum atomic E-state index is 13.2. The van der Waals surface area contributed by atoms with Gasteiger partial charge in [-0.2, -0.15) is 0 Å². The number of amides is 1. The van der Waals surface area contributed by atoms with E-state index in [1.165, 1.54) is 12.1 Å². The molecule has 2 aromatic heterocycles. The second kappa shape index (κ2) is 8.57. The van der Waals surface area contributed by atoms with Crippen molar-refractivity contribution in [3.8, 4) is 22.9 Å². The summed E-state index contributed by atoms with van der Waals surface area (Å²) in [6.45, 7) is 1.92. The second-order valence-corrected chi connectivity index (χ2v) is 6.57. The summed E-state index contributed by atoms with van der Waals surface area (Å²) in [6, 6.07) is 18.6. The SMILES string of the molecule is Cc1onc(-c2ccc(F)cc2)c1C(=O)NCc1ccnc(Oc2ccccc2)c1. The molecule has 0 aliphatic heterocycles. The Morgan fingerprint density at radius 2 is 1.87 bits per heavy atom. The number of aryl methyl sites for hydroxylation is 1. The summed E-state index contributed by atoms with van der Waals surface area (Å²) in [6.07, 6.45) is 1.62. The molecule has 0 atom stereocenters. The molecule has 0 saturated carbocycles. The lowest BCUT2D eigenvalue weighted by atomic mass is 10.1. The van der Waals surface area contributed by atoms with Gasteiger partial charge in [-0.1, -0.05) is 23.4 Å². The quantitative estimate of drug-likeness (QED) is 0.495. The second-order valence-electron chi connectivity index (χ2n) is 6.57. The number of hydrogen-bond donors (Lipinski definition) is 1. The van der Waals surface area contributed by atoms with Crippen molar-refractivity contribution in [2.24, 2.45) is 0 Å². The third kappa shape index (κ3) is 4.35. The predicted molar refractivity (Wildman–Crippen MR) is 109 cm³/mol. The Kier molecular flexibility index (Phi) is 5.52. The Morgan fingerprint density at radius 3 is 2.63 bits per heavy atom. The third-order valence-electron chi connectivity index (χ3n) is 4.43. The smallest absolute Gasteiger partial charge is 0.257 e. The fourth-order valence-electron chi connectivity index (χ4n) is 2.94. The van der Waals surface area contributed by atoms with Crippen molar-refractivity contribution in [3.63, 3.8) is 0 Å². The van der Waals surface area contributed by atoms with Crippen LogP contribution in [0.3, 0.4) is 0 Å². The molecule has 1 amide bonds. The minimum atomic E-state index is -0.365. The average molecular weight is 403 g/mol. The molecule has 150 valence electrons. The Morgan fingerprint density at radius 1 is 1.10 bits per heavy atom. The van der Waals surface area contributed by atoms with E-state index < -0.39 is 0 Å². The molecule has 30 heavy (non-hydrogen) atoms. The van der Waals surface area contributed by atoms with Gasteiger partial charge in [0.25, 0.3) is 5.91 Å². The van der Waals surface area contributed by atoms with Gasteiger partial charge in [-0.05, 0) is 55.0 Å². The van der Waals surface area contributed by atoms with Crippen LogP contribution in [0.4, 0.5) is 4.39 Å². The molecule has 0 aliphatic rings. The van der Waals surface area contributed by atoms with Crippen LogP contribution < -0.4 is 10.1 Å². The lowest BCUT2D eigenvalue weighted by molar-refractivity contribution is 0.0950. The first-order valence-electron chi connectivity index (χ1n) is 9.28. The highest BCUT2D eigenvalue weighted by Gasteiger charge is 2.21. The van der Waals surface area contributed by atoms with Gasteiger partial charge in [0.2, 0.25) is 5.88 Å². The molecule has 4 aromatic rings. The van der Waals surface area contributed by atoms with Crippen molar-refractivity contribution < 1.29 is 18.4 Å². The van der Waals surface area contributed by atoms with E-state index >= 15 is 0 Å². The summed E-state index contributed by atoms with van der Waals surface area (Å²) >= 11 is 0. The zero-order valence-electron chi connectivity index (χ0n) is 16.1. The van der Waals surface area contributed by atoms with Crippen LogP contribution in [0.5, 0.6) is 11.6 Å². The van der Waals surface area contributed by atoms with Crippen LogP contribution in [0.15, 0.2) is 77.4 Å². The van der Waals surface area contributed by atoms with Gasteiger partial charge in [0.05, 0.1) is 0 Å². The first kappa shape index (κ1) is 19.3.